The van der Waals surface area contributed by atoms with Crippen molar-refractivity contribution in [3.8, 4) is 0 Å². The number of hydrogen-bond acceptors (Lipinski definition) is 1. The van der Waals surface area contributed by atoms with E-state index >= 15 is 0 Å². The monoisotopic (exact) mass is 156 g/mol. The van der Waals surface area contributed by atoms with Crippen molar-refractivity contribution in [3.63, 3.8) is 0 Å². The van der Waals surface area contributed by atoms with E-state index in [1.165, 1.54) is 6.42 Å². The Hall–Kier alpha value is -0.330. The smallest absolute Gasteiger partial charge is 0.126 e. The lowest BCUT2D eigenvalue weighted by molar-refractivity contribution is -0.117. The van der Waals surface area contributed by atoms with Crippen molar-refractivity contribution >= 4 is 6.29 Å². The molecule has 0 fully saturated rings. The van der Waals surface area contributed by atoms with E-state index in [0.29, 0.717) is 5.92 Å². The molecule has 0 aliphatic carbocycles. The molecule has 0 aliphatic rings. The highest BCUT2D eigenvalue weighted by molar-refractivity contribution is 5.58. The SMILES string of the molecule is CCCCC(C)(C=O)C(C)C. The number of carbonyl (C=O) groups excluding carboxylic acids is 1. The number of rotatable bonds is 5. The second-order valence-electron chi connectivity index (χ2n) is 3.88. The zero-order valence-corrected chi connectivity index (χ0v) is 8.18. The first kappa shape index (κ1) is 10.7. The van der Waals surface area contributed by atoms with Gasteiger partial charge in [-0.1, -0.05) is 40.5 Å². The van der Waals surface area contributed by atoms with E-state index in [0.717, 1.165) is 19.1 Å². The van der Waals surface area contributed by atoms with Crippen LogP contribution in [0.3, 0.4) is 0 Å². The zero-order chi connectivity index (χ0) is 8.91. The van der Waals surface area contributed by atoms with Gasteiger partial charge < -0.3 is 4.79 Å². The fourth-order valence-electron chi connectivity index (χ4n) is 1.04. The maximum absolute atomic E-state index is 10.8. The van der Waals surface area contributed by atoms with E-state index in [9.17, 15) is 4.79 Å². The Morgan fingerprint density at radius 3 is 2.27 bits per heavy atom. The van der Waals surface area contributed by atoms with Crippen molar-refractivity contribution in [1.82, 2.24) is 0 Å². The molecule has 0 aromatic rings. The predicted molar refractivity (Wildman–Crippen MR) is 48.5 cm³/mol. The quantitative estimate of drug-likeness (QED) is 0.559. The molecule has 0 heterocycles. The molecule has 0 saturated heterocycles. The highest BCUT2D eigenvalue weighted by atomic mass is 16.1. The second kappa shape index (κ2) is 4.53. The van der Waals surface area contributed by atoms with Crippen molar-refractivity contribution in [2.24, 2.45) is 11.3 Å². The molecule has 0 bridgehead atoms. The Bertz CT molecular complexity index is 118. The molecule has 1 atom stereocenters. The first-order valence-corrected chi connectivity index (χ1v) is 4.53. The van der Waals surface area contributed by atoms with Gasteiger partial charge in [0.1, 0.15) is 6.29 Å². The van der Waals surface area contributed by atoms with E-state index in [2.05, 4.69) is 27.7 Å². The first-order valence-electron chi connectivity index (χ1n) is 4.53. The van der Waals surface area contributed by atoms with Crippen molar-refractivity contribution < 1.29 is 4.79 Å². The van der Waals surface area contributed by atoms with E-state index in [4.69, 9.17) is 0 Å². The van der Waals surface area contributed by atoms with Crippen molar-refractivity contribution in [2.75, 3.05) is 0 Å². The lowest BCUT2D eigenvalue weighted by Gasteiger charge is -2.27. The van der Waals surface area contributed by atoms with Gasteiger partial charge in [-0.2, -0.15) is 0 Å². The van der Waals surface area contributed by atoms with Gasteiger partial charge in [0.25, 0.3) is 0 Å². The molecule has 11 heavy (non-hydrogen) atoms. The van der Waals surface area contributed by atoms with Gasteiger partial charge in [0.2, 0.25) is 0 Å². The molecule has 0 aliphatic heterocycles. The van der Waals surface area contributed by atoms with Gasteiger partial charge in [0.05, 0.1) is 0 Å². The normalized spacial score (nSPS) is 16.5. The maximum Gasteiger partial charge on any atom is 0.126 e. The Balaban J connectivity index is 3.99. The molecule has 0 spiro atoms. The third-order valence-electron chi connectivity index (χ3n) is 2.66. The second-order valence-corrected chi connectivity index (χ2v) is 3.88. The molecule has 0 radical (unpaired) electrons. The zero-order valence-electron chi connectivity index (χ0n) is 8.18. The largest absolute Gasteiger partial charge is 0.303 e. The summed E-state index contributed by atoms with van der Waals surface area (Å²) < 4.78 is 0. The third kappa shape index (κ3) is 3.04. The molecule has 0 rings (SSSR count). The molecule has 0 saturated carbocycles. The van der Waals surface area contributed by atoms with Gasteiger partial charge in [-0.15, -0.1) is 0 Å². The van der Waals surface area contributed by atoms with E-state index in [1.54, 1.807) is 0 Å². The van der Waals surface area contributed by atoms with Gasteiger partial charge in [0.15, 0.2) is 0 Å². The lowest BCUT2D eigenvalue weighted by Crippen LogP contribution is -2.24. The first-order chi connectivity index (χ1) is 5.06. The Kier molecular flexibility index (Phi) is 4.39. The standard InChI is InChI=1S/C10H20O/c1-5-6-7-10(4,8-11)9(2)3/h8-9H,5-7H2,1-4H3. The van der Waals surface area contributed by atoms with Gasteiger partial charge in [-0.05, 0) is 12.3 Å². The van der Waals surface area contributed by atoms with E-state index in [-0.39, 0.29) is 5.41 Å². The lowest BCUT2D eigenvalue weighted by atomic mass is 9.77. The minimum Gasteiger partial charge on any atom is -0.303 e. The van der Waals surface area contributed by atoms with Crippen LogP contribution in [0.15, 0.2) is 0 Å². The van der Waals surface area contributed by atoms with Crippen molar-refractivity contribution in [3.05, 3.63) is 0 Å². The minimum atomic E-state index is -0.0873. The summed E-state index contributed by atoms with van der Waals surface area (Å²) in [6.07, 6.45) is 4.49. The van der Waals surface area contributed by atoms with Gasteiger partial charge >= 0.3 is 0 Å². The highest BCUT2D eigenvalue weighted by Crippen LogP contribution is 2.30. The summed E-state index contributed by atoms with van der Waals surface area (Å²) in [7, 11) is 0. The summed E-state index contributed by atoms with van der Waals surface area (Å²) in [6, 6.07) is 0. The third-order valence-corrected chi connectivity index (χ3v) is 2.66. The van der Waals surface area contributed by atoms with Crippen LogP contribution >= 0.6 is 0 Å². The van der Waals surface area contributed by atoms with Crippen LogP contribution in [0.1, 0.15) is 47.0 Å². The average Bonchev–Trinajstić information content (AvgIpc) is 2.00. The van der Waals surface area contributed by atoms with Crippen LogP contribution in [0, 0.1) is 11.3 Å². The number of carbonyl (C=O) groups is 1. The number of aldehydes is 1. The molecular weight excluding hydrogens is 136 g/mol. The summed E-state index contributed by atoms with van der Waals surface area (Å²) in [6.45, 7) is 8.44. The Labute approximate surface area is 70.2 Å². The fourth-order valence-corrected chi connectivity index (χ4v) is 1.04. The molecule has 0 amide bonds. The predicted octanol–water partition coefficient (Wildman–Crippen LogP) is 3.04. The number of hydrogen-bond donors (Lipinski definition) is 0. The summed E-state index contributed by atoms with van der Waals surface area (Å²) in [5.41, 5.74) is -0.0873. The fraction of sp³-hybridized carbons (Fsp3) is 0.900. The summed E-state index contributed by atoms with van der Waals surface area (Å²) in [5, 5.41) is 0. The molecular formula is C10H20O. The molecule has 1 heteroatoms. The van der Waals surface area contributed by atoms with Crippen LogP contribution in [-0.2, 0) is 4.79 Å². The Morgan fingerprint density at radius 2 is 2.00 bits per heavy atom. The van der Waals surface area contributed by atoms with E-state index in [1.807, 2.05) is 0 Å². The van der Waals surface area contributed by atoms with Crippen molar-refractivity contribution in [2.45, 2.75) is 47.0 Å². The van der Waals surface area contributed by atoms with Crippen LogP contribution in [0.2, 0.25) is 0 Å². The summed E-state index contributed by atoms with van der Waals surface area (Å²) in [4.78, 5) is 10.8. The van der Waals surface area contributed by atoms with Crippen LogP contribution in [-0.4, -0.2) is 6.29 Å². The van der Waals surface area contributed by atoms with Crippen LogP contribution in [0.5, 0.6) is 0 Å². The van der Waals surface area contributed by atoms with Gasteiger partial charge in [-0.3, -0.25) is 0 Å². The topological polar surface area (TPSA) is 17.1 Å². The maximum atomic E-state index is 10.8. The van der Waals surface area contributed by atoms with Crippen molar-refractivity contribution in [1.29, 1.82) is 0 Å². The highest BCUT2D eigenvalue weighted by Gasteiger charge is 2.26. The van der Waals surface area contributed by atoms with Gasteiger partial charge in [-0.25, -0.2) is 0 Å². The summed E-state index contributed by atoms with van der Waals surface area (Å²) >= 11 is 0. The summed E-state index contributed by atoms with van der Waals surface area (Å²) in [5.74, 6) is 0.464. The van der Waals surface area contributed by atoms with Crippen LogP contribution < -0.4 is 0 Å². The average molecular weight is 156 g/mol. The van der Waals surface area contributed by atoms with Gasteiger partial charge in [0, 0.05) is 5.41 Å². The molecule has 0 N–H and O–H groups in total. The molecule has 0 aromatic heterocycles. The molecule has 0 aromatic carbocycles. The molecule has 1 nitrogen and oxygen atoms in total. The molecule has 1 unspecified atom stereocenters. The number of unbranched alkanes of at least 4 members (excludes halogenated alkanes) is 1. The molecule has 66 valence electrons. The van der Waals surface area contributed by atoms with Crippen LogP contribution in [0.25, 0.3) is 0 Å². The van der Waals surface area contributed by atoms with Crippen LogP contribution in [0.4, 0.5) is 0 Å². The Morgan fingerprint density at radius 1 is 1.45 bits per heavy atom. The van der Waals surface area contributed by atoms with E-state index < -0.39 is 0 Å². The minimum absolute atomic E-state index is 0.0873.